The van der Waals surface area contributed by atoms with Gasteiger partial charge in [0.1, 0.15) is 11.6 Å². The molecule has 1 N–H and O–H groups in total. The number of carbonyl (C=O) groups is 1. The van der Waals surface area contributed by atoms with E-state index >= 15 is 0 Å². The van der Waals surface area contributed by atoms with Gasteiger partial charge in [-0.05, 0) is 36.2 Å². The number of rotatable bonds is 7. The first-order chi connectivity index (χ1) is 11.8. The zero-order valence-corrected chi connectivity index (χ0v) is 13.6. The Kier molecular flexibility index (Phi) is 5.05. The molecule has 3 aromatic rings. The third-order valence-corrected chi connectivity index (χ3v) is 3.85. The van der Waals surface area contributed by atoms with Crippen molar-refractivity contribution in [2.45, 2.75) is 19.3 Å². The summed E-state index contributed by atoms with van der Waals surface area (Å²) >= 11 is 0. The van der Waals surface area contributed by atoms with Crippen molar-refractivity contribution < 1.29 is 9.53 Å². The van der Waals surface area contributed by atoms with Crippen molar-refractivity contribution in [3.63, 3.8) is 0 Å². The summed E-state index contributed by atoms with van der Waals surface area (Å²) < 4.78 is 7.06. The van der Waals surface area contributed by atoms with Crippen molar-refractivity contribution in [3.05, 3.63) is 60.0 Å². The van der Waals surface area contributed by atoms with Gasteiger partial charge in [0, 0.05) is 25.6 Å². The molecule has 0 aliphatic carbocycles. The van der Waals surface area contributed by atoms with Crippen LogP contribution in [0.15, 0.2) is 48.7 Å². The van der Waals surface area contributed by atoms with E-state index in [1.165, 1.54) is 0 Å². The second-order valence-electron chi connectivity index (χ2n) is 5.49. The molecule has 0 saturated carbocycles. The van der Waals surface area contributed by atoms with Gasteiger partial charge in [-0.15, -0.1) is 10.2 Å². The van der Waals surface area contributed by atoms with Crippen LogP contribution >= 0.6 is 0 Å². The van der Waals surface area contributed by atoms with Crippen LogP contribution in [0.1, 0.15) is 17.8 Å². The van der Waals surface area contributed by atoms with Crippen LogP contribution < -0.4 is 10.1 Å². The highest BCUT2D eigenvalue weighted by molar-refractivity contribution is 5.76. The molecule has 1 aromatic carbocycles. The number of ether oxygens (including phenoxy) is 1. The average molecular weight is 324 g/mol. The van der Waals surface area contributed by atoms with Gasteiger partial charge in [0.05, 0.1) is 7.11 Å². The number of pyridine rings is 1. The minimum atomic E-state index is 0.0413. The third kappa shape index (κ3) is 3.90. The molecule has 0 unspecified atom stereocenters. The molecule has 3 rings (SSSR count). The topological polar surface area (TPSA) is 68.5 Å². The number of benzene rings is 1. The number of methoxy groups -OCH3 is 1. The van der Waals surface area contributed by atoms with E-state index in [1.54, 1.807) is 7.11 Å². The lowest BCUT2D eigenvalue weighted by Crippen LogP contribution is -2.26. The van der Waals surface area contributed by atoms with Gasteiger partial charge in [-0.1, -0.05) is 18.2 Å². The number of hydrogen-bond acceptors (Lipinski definition) is 4. The molecule has 0 bridgehead atoms. The van der Waals surface area contributed by atoms with E-state index in [-0.39, 0.29) is 5.91 Å². The molecule has 0 aliphatic rings. The third-order valence-electron chi connectivity index (χ3n) is 3.85. The standard InChI is InChI=1S/C18H20N4O2/c1-24-15-8-5-14(6-9-15)7-10-18(23)19-12-11-17-21-20-16-4-2-3-13-22(16)17/h2-6,8-9,13H,7,10-12H2,1H3,(H,19,23). The van der Waals surface area contributed by atoms with Crippen LogP contribution in [-0.4, -0.2) is 34.2 Å². The van der Waals surface area contributed by atoms with Gasteiger partial charge in [-0.3, -0.25) is 9.20 Å². The van der Waals surface area contributed by atoms with Gasteiger partial charge in [0.15, 0.2) is 5.65 Å². The molecule has 0 aliphatic heterocycles. The Morgan fingerprint density at radius 3 is 2.75 bits per heavy atom. The molecule has 0 radical (unpaired) electrons. The number of aromatic nitrogens is 3. The van der Waals surface area contributed by atoms with Gasteiger partial charge in [0.2, 0.25) is 5.91 Å². The highest BCUT2D eigenvalue weighted by Crippen LogP contribution is 2.12. The Labute approximate surface area is 140 Å². The fourth-order valence-electron chi connectivity index (χ4n) is 2.51. The molecule has 2 heterocycles. The molecule has 124 valence electrons. The molecular weight excluding hydrogens is 304 g/mol. The maximum absolute atomic E-state index is 12.0. The van der Waals surface area contributed by atoms with E-state index in [9.17, 15) is 4.79 Å². The zero-order valence-electron chi connectivity index (χ0n) is 13.6. The summed E-state index contributed by atoms with van der Waals surface area (Å²) in [5.74, 6) is 1.71. The first-order valence-corrected chi connectivity index (χ1v) is 7.94. The smallest absolute Gasteiger partial charge is 0.220 e. The lowest BCUT2D eigenvalue weighted by molar-refractivity contribution is -0.121. The van der Waals surface area contributed by atoms with Gasteiger partial charge in [-0.2, -0.15) is 0 Å². The Morgan fingerprint density at radius 1 is 1.12 bits per heavy atom. The monoisotopic (exact) mass is 324 g/mol. The predicted octanol–water partition coefficient (Wildman–Crippen LogP) is 2.03. The predicted molar refractivity (Wildman–Crippen MR) is 91.0 cm³/mol. The zero-order chi connectivity index (χ0) is 16.8. The summed E-state index contributed by atoms with van der Waals surface area (Å²) in [6, 6.07) is 13.5. The van der Waals surface area contributed by atoms with Crippen molar-refractivity contribution in [1.82, 2.24) is 19.9 Å². The van der Waals surface area contributed by atoms with Crippen LogP contribution in [0, 0.1) is 0 Å². The summed E-state index contributed by atoms with van der Waals surface area (Å²) in [5.41, 5.74) is 1.94. The van der Waals surface area contributed by atoms with Crippen molar-refractivity contribution in [1.29, 1.82) is 0 Å². The Morgan fingerprint density at radius 2 is 1.96 bits per heavy atom. The Bertz CT molecular complexity index is 811. The second-order valence-corrected chi connectivity index (χ2v) is 5.49. The maximum atomic E-state index is 12.0. The Hall–Kier alpha value is -2.89. The minimum Gasteiger partial charge on any atom is -0.497 e. The summed E-state index contributed by atoms with van der Waals surface area (Å²) in [6.45, 7) is 0.553. The largest absolute Gasteiger partial charge is 0.497 e. The van der Waals surface area contributed by atoms with E-state index in [4.69, 9.17) is 4.74 Å². The lowest BCUT2D eigenvalue weighted by Gasteiger charge is -2.06. The molecule has 0 spiro atoms. The van der Waals surface area contributed by atoms with Crippen LogP contribution in [-0.2, 0) is 17.6 Å². The first-order valence-electron chi connectivity index (χ1n) is 7.94. The molecule has 0 atom stereocenters. The van der Waals surface area contributed by atoms with Crippen LogP contribution in [0.4, 0.5) is 0 Å². The number of fused-ring (bicyclic) bond motifs is 1. The van der Waals surface area contributed by atoms with E-state index in [2.05, 4.69) is 15.5 Å². The first kappa shape index (κ1) is 16.0. The van der Waals surface area contributed by atoms with Crippen LogP contribution in [0.2, 0.25) is 0 Å². The van der Waals surface area contributed by atoms with Crippen molar-refractivity contribution in [2.24, 2.45) is 0 Å². The van der Waals surface area contributed by atoms with Gasteiger partial charge >= 0.3 is 0 Å². The van der Waals surface area contributed by atoms with Crippen molar-refractivity contribution in [2.75, 3.05) is 13.7 Å². The number of aryl methyl sites for hydroxylation is 1. The summed E-state index contributed by atoms with van der Waals surface area (Å²) in [6.07, 6.45) is 3.76. The maximum Gasteiger partial charge on any atom is 0.220 e. The van der Waals surface area contributed by atoms with Crippen LogP contribution in [0.5, 0.6) is 5.75 Å². The fourth-order valence-corrected chi connectivity index (χ4v) is 2.51. The summed E-state index contributed by atoms with van der Waals surface area (Å²) in [7, 11) is 1.64. The van der Waals surface area contributed by atoms with Gasteiger partial charge < -0.3 is 10.1 Å². The number of carbonyl (C=O) groups excluding carboxylic acids is 1. The summed E-state index contributed by atoms with van der Waals surface area (Å²) in [5, 5.41) is 11.2. The molecule has 0 saturated heterocycles. The number of amides is 1. The molecule has 0 fully saturated rings. The van der Waals surface area contributed by atoms with Crippen LogP contribution in [0.25, 0.3) is 5.65 Å². The normalized spacial score (nSPS) is 10.7. The molecule has 24 heavy (non-hydrogen) atoms. The molecule has 1 amide bonds. The van der Waals surface area contributed by atoms with E-state index < -0.39 is 0 Å². The highest BCUT2D eigenvalue weighted by Gasteiger charge is 2.06. The quantitative estimate of drug-likeness (QED) is 0.722. The molecule has 2 aromatic heterocycles. The minimum absolute atomic E-state index is 0.0413. The van der Waals surface area contributed by atoms with Crippen LogP contribution in [0.3, 0.4) is 0 Å². The molecule has 6 nitrogen and oxygen atoms in total. The fraction of sp³-hybridized carbons (Fsp3) is 0.278. The lowest BCUT2D eigenvalue weighted by atomic mass is 10.1. The van der Waals surface area contributed by atoms with Crippen molar-refractivity contribution in [3.8, 4) is 5.75 Å². The van der Waals surface area contributed by atoms with E-state index in [0.717, 1.165) is 22.8 Å². The number of hydrogen-bond donors (Lipinski definition) is 1. The van der Waals surface area contributed by atoms with Gasteiger partial charge in [-0.25, -0.2) is 0 Å². The van der Waals surface area contributed by atoms with Crippen molar-refractivity contribution >= 4 is 11.6 Å². The molecule has 6 heteroatoms. The Balaban J connectivity index is 1.44. The second kappa shape index (κ2) is 7.59. The average Bonchev–Trinajstić information content (AvgIpc) is 3.04. The van der Waals surface area contributed by atoms with E-state index in [0.29, 0.717) is 25.8 Å². The van der Waals surface area contributed by atoms with E-state index in [1.807, 2.05) is 53.1 Å². The highest BCUT2D eigenvalue weighted by atomic mass is 16.5. The number of nitrogens with zero attached hydrogens (tertiary/aromatic N) is 3. The molecular formula is C18H20N4O2. The number of nitrogens with one attached hydrogen (secondary N) is 1. The summed E-state index contributed by atoms with van der Waals surface area (Å²) in [4.78, 5) is 12.0. The van der Waals surface area contributed by atoms with Gasteiger partial charge in [0.25, 0.3) is 0 Å². The SMILES string of the molecule is COc1ccc(CCC(=O)NCCc2nnc3ccccn23)cc1.